The van der Waals surface area contributed by atoms with Crippen molar-refractivity contribution in [2.75, 3.05) is 13.1 Å². The molecule has 1 aromatic rings. The first-order chi connectivity index (χ1) is 10.5. The number of urea groups is 1. The molecule has 122 valence electrons. The van der Waals surface area contributed by atoms with E-state index >= 15 is 0 Å². The second-order valence-corrected chi connectivity index (χ2v) is 7.04. The van der Waals surface area contributed by atoms with Crippen molar-refractivity contribution in [3.05, 3.63) is 22.4 Å². The van der Waals surface area contributed by atoms with Crippen LogP contribution >= 0.6 is 11.3 Å². The highest BCUT2D eigenvalue weighted by atomic mass is 32.1. The van der Waals surface area contributed by atoms with Crippen molar-refractivity contribution in [2.45, 2.75) is 51.6 Å². The average Bonchev–Trinajstić information content (AvgIpc) is 2.98. The fourth-order valence-corrected chi connectivity index (χ4v) is 3.27. The number of carbonyl (C=O) groups excluding carboxylic acids is 2. The van der Waals surface area contributed by atoms with Crippen LogP contribution in [0.15, 0.2) is 17.5 Å². The van der Waals surface area contributed by atoms with Gasteiger partial charge in [0.05, 0.1) is 0 Å². The minimum atomic E-state index is -0.00234. The Morgan fingerprint density at radius 2 is 2.09 bits per heavy atom. The molecule has 22 heavy (non-hydrogen) atoms. The Labute approximate surface area is 136 Å². The topological polar surface area (TPSA) is 61.4 Å². The van der Waals surface area contributed by atoms with Crippen LogP contribution in [0.3, 0.4) is 0 Å². The average molecular weight is 323 g/mol. The first-order valence-electron chi connectivity index (χ1n) is 7.92. The Kier molecular flexibility index (Phi) is 6.24. The minimum Gasteiger partial charge on any atom is -0.353 e. The van der Waals surface area contributed by atoms with E-state index in [2.05, 4.69) is 16.7 Å². The van der Waals surface area contributed by atoms with Crippen molar-refractivity contribution < 1.29 is 9.59 Å². The highest BCUT2D eigenvalue weighted by molar-refractivity contribution is 7.09. The summed E-state index contributed by atoms with van der Waals surface area (Å²) in [5.74, 6) is 0.110. The molecule has 1 fully saturated rings. The Morgan fingerprint density at radius 1 is 1.36 bits per heavy atom. The van der Waals surface area contributed by atoms with Gasteiger partial charge in [0.15, 0.2) is 0 Å². The molecule has 0 aliphatic carbocycles. The van der Waals surface area contributed by atoms with E-state index in [4.69, 9.17) is 0 Å². The summed E-state index contributed by atoms with van der Waals surface area (Å²) in [5, 5.41) is 8.03. The Bertz CT molecular complexity index is 480. The molecule has 0 unspecified atom stereocenters. The van der Waals surface area contributed by atoms with Gasteiger partial charge in [0.25, 0.3) is 0 Å². The van der Waals surface area contributed by atoms with E-state index in [0.29, 0.717) is 19.5 Å². The molecule has 1 aliphatic heterocycles. The lowest BCUT2D eigenvalue weighted by Crippen LogP contribution is -2.50. The third kappa shape index (κ3) is 5.33. The Morgan fingerprint density at radius 3 is 2.68 bits per heavy atom. The molecule has 3 amide bonds. The summed E-state index contributed by atoms with van der Waals surface area (Å²) >= 11 is 1.69. The number of aryl methyl sites for hydroxylation is 1. The van der Waals surface area contributed by atoms with Gasteiger partial charge in [-0.2, -0.15) is 0 Å². The maximum absolute atomic E-state index is 12.0. The number of piperidine rings is 1. The summed E-state index contributed by atoms with van der Waals surface area (Å²) in [6, 6.07) is 4.41. The van der Waals surface area contributed by atoms with Gasteiger partial charge in [-0.1, -0.05) is 6.07 Å². The number of amides is 3. The molecule has 0 spiro atoms. The van der Waals surface area contributed by atoms with Gasteiger partial charge in [0.2, 0.25) is 5.91 Å². The maximum atomic E-state index is 12.0. The van der Waals surface area contributed by atoms with Gasteiger partial charge in [0.1, 0.15) is 0 Å². The number of hydrogen-bond donors (Lipinski definition) is 2. The smallest absolute Gasteiger partial charge is 0.317 e. The van der Waals surface area contributed by atoms with Crippen LogP contribution in [0.4, 0.5) is 4.79 Å². The van der Waals surface area contributed by atoms with E-state index < -0.39 is 0 Å². The standard InChI is InChI=1S/C16H25N3O2S/c1-12(2)17-16(21)19-9-7-13(8-10-19)18-15(20)6-5-14-4-3-11-22-14/h3-4,11-13H,5-10H2,1-2H3,(H,17,21)(H,18,20). The number of nitrogens with zero attached hydrogens (tertiary/aromatic N) is 1. The molecular formula is C16H25N3O2S. The molecule has 1 aromatic heterocycles. The van der Waals surface area contributed by atoms with Gasteiger partial charge in [-0.05, 0) is 44.6 Å². The summed E-state index contributed by atoms with van der Waals surface area (Å²) in [6.07, 6.45) is 3.00. The lowest BCUT2D eigenvalue weighted by molar-refractivity contribution is -0.122. The monoisotopic (exact) mass is 323 g/mol. The zero-order valence-electron chi connectivity index (χ0n) is 13.3. The van der Waals surface area contributed by atoms with Crippen molar-refractivity contribution >= 4 is 23.3 Å². The summed E-state index contributed by atoms with van der Waals surface area (Å²) in [6.45, 7) is 5.32. The molecule has 1 aliphatic rings. The number of nitrogens with one attached hydrogen (secondary N) is 2. The number of likely N-dealkylation sites (tertiary alicyclic amines) is 1. The minimum absolute atomic E-state index is 0.00234. The number of thiophene rings is 1. The van der Waals surface area contributed by atoms with Gasteiger partial charge < -0.3 is 15.5 Å². The van der Waals surface area contributed by atoms with E-state index in [1.807, 2.05) is 30.2 Å². The Hall–Kier alpha value is -1.56. The molecule has 0 saturated carbocycles. The molecule has 2 heterocycles. The molecule has 0 aromatic carbocycles. The fraction of sp³-hybridized carbons (Fsp3) is 0.625. The first-order valence-corrected chi connectivity index (χ1v) is 8.79. The molecule has 1 saturated heterocycles. The van der Waals surface area contributed by atoms with Crippen LogP contribution < -0.4 is 10.6 Å². The quantitative estimate of drug-likeness (QED) is 0.874. The largest absolute Gasteiger partial charge is 0.353 e. The molecule has 0 atom stereocenters. The number of carbonyl (C=O) groups is 2. The summed E-state index contributed by atoms with van der Waals surface area (Å²) in [4.78, 5) is 26.9. The van der Waals surface area contributed by atoms with Crippen molar-refractivity contribution in [2.24, 2.45) is 0 Å². The van der Waals surface area contributed by atoms with E-state index in [1.165, 1.54) is 4.88 Å². The Balaban J connectivity index is 1.66. The second-order valence-electron chi connectivity index (χ2n) is 6.01. The van der Waals surface area contributed by atoms with Crippen molar-refractivity contribution in [1.82, 2.24) is 15.5 Å². The van der Waals surface area contributed by atoms with Crippen LogP contribution in [0.2, 0.25) is 0 Å². The zero-order chi connectivity index (χ0) is 15.9. The molecular weight excluding hydrogens is 298 g/mol. The van der Waals surface area contributed by atoms with Crippen molar-refractivity contribution in [3.63, 3.8) is 0 Å². The van der Waals surface area contributed by atoms with Crippen LogP contribution in [0.25, 0.3) is 0 Å². The van der Waals surface area contributed by atoms with Gasteiger partial charge in [-0.3, -0.25) is 4.79 Å². The molecule has 0 bridgehead atoms. The SMILES string of the molecule is CC(C)NC(=O)N1CCC(NC(=O)CCc2cccs2)CC1. The molecule has 2 N–H and O–H groups in total. The van der Waals surface area contributed by atoms with E-state index in [-0.39, 0.29) is 24.0 Å². The highest BCUT2D eigenvalue weighted by Gasteiger charge is 2.23. The third-order valence-corrected chi connectivity index (χ3v) is 4.67. The van der Waals surface area contributed by atoms with Gasteiger partial charge in [0, 0.05) is 36.5 Å². The number of rotatable bonds is 5. The predicted molar refractivity (Wildman–Crippen MR) is 89.0 cm³/mol. The fourth-order valence-electron chi connectivity index (χ4n) is 2.56. The van der Waals surface area contributed by atoms with E-state index in [0.717, 1.165) is 19.3 Å². The van der Waals surface area contributed by atoms with Crippen LogP contribution in [0, 0.1) is 0 Å². The lowest BCUT2D eigenvalue weighted by atomic mass is 10.0. The molecule has 5 nitrogen and oxygen atoms in total. The van der Waals surface area contributed by atoms with E-state index in [1.54, 1.807) is 11.3 Å². The zero-order valence-corrected chi connectivity index (χ0v) is 14.1. The highest BCUT2D eigenvalue weighted by Crippen LogP contribution is 2.13. The maximum Gasteiger partial charge on any atom is 0.317 e. The predicted octanol–water partition coefficient (Wildman–Crippen LogP) is 2.38. The second kappa shape index (κ2) is 8.17. The normalized spacial score (nSPS) is 15.9. The first kappa shape index (κ1) is 16.8. The summed E-state index contributed by atoms with van der Waals surface area (Å²) in [5.41, 5.74) is 0. The van der Waals surface area contributed by atoms with Crippen molar-refractivity contribution in [1.29, 1.82) is 0 Å². The van der Waals surface area contributed by atoms with Crippen LogP contribution in [-0.4, -0.2) is 42.0 Å². The summed E-state index contributed by atoms with van der Waals surface area (Å²) in [7, 11) is 0. The van der Waals surface area contributed by atoms with Crippen LogP contribution in [-0.2, 0) is 11.2 Å². The third-order valence-electron chi connectivity index (χ3n) is 3.74. The van der Waals surface area contributed by atoms with Crippen LogP contribution in [0.1, 0.15) is 38.0 Å². The molecule has 0 radical (unpaired) electrons. The molecule has 2 rings (SSSR count). The number of hydrogen-bond acceptors (Lipinski definition) is 3. The van der Waals surface area contributed by atoms with Gasteiger partial charge in [-0.25, -0.2) is 4.79 Å². The lowest BCUT2D eigenvalue weighted by Gasteiger charge is -2.32. The van der Waals surface area contributed by atoms with Crippen LogP contribution in [0.5, 0.6) is 0 Å². The summed E-state index contributed by atoms with van der Waals surface area (Å²) < 4.78 is 0. The van der Waals surface area contributed by atoms with E-state index in [9.17, 15) is 9.59 Å². The molecule has 6 heteroatoms. The van der Waals surface area contributed by atoms with Gasteiger partial charge >= 0.3 is 6.03 Å². The van der Waals surface area contributed by atoms with Gasteiger partial charge in [-0.15, -0.1) is 11.3 Å². The van der Waals surface area contributed by atoms with Crippen molar-refractivity contribution in [3.8, 4) is 0 Å².